The molecule has 0 bridgehead atoms. The Balaban J connectivity index is 2.81. The average Bonchev–Trinajstić information content (AvgIpc) is 2.38. The fraction of sp³-hybridized carbons (Fsp3) is 0.250. The van der Waals surface area contributed by atoms with Gasteiger partial charge in [-0.2, -0.15) is 0 Å². The van der Waals surface area contributed by atoms with Crippen molar-refractivity contribution in [3.63, 3.8) is 0 Å². The van der Waals surface area contributed by atoms with E-state index in [4.69, 9.17) is 4.42 Å². The maximum absolute atomic E-state index is 5.27. The Labute approximate surface area is 65.5 Å². The van der Waals surface area contributed by atoms with Gasteiger partial charge >= 0.3 is 0 Å². The molecule has 0 radical (unpaired) electrons. The standard InChI is InChI=1S/C8H10N2O/c1-9-5-7-3-4-8(11-7)6-10-2/h3-6H,1-2H3. The first-order valence-electron chi connectivity index (χ1n) is 3.31. The Hall–Kier alpha value is -1.38. The Morgan fingerprint density at radius 1 is 1.09 bits per heavy atom. The summed E-state index contributed by atoms with van der Waals surface area (Å²) in [5.74, 6) is 1.50. The molecule has 0 N–H and O–H groups in total. The van der Waals surface area contributed by atoms with Crippen LogP contribution in [0.4, 0.5) is 0 Å². The second kappa shape index (κ2) is 3.71. The first-order valence-corrected chi connectivity index (χ1v) is 3.31. The zero-order chi connectivity index (χ0) is 8.10. The van der Waals surface area contributed by atoms with E-state index in [0.29, 0.717) is 0 Å². The van der Waals surface area contributed by atoms with E-state index in [1.54, 1.807) is 26.5 Å². The van der Waals surface area contributed by atoms with Crippen LogP contribution in [0.3, 0.4) is 0 Å². The molecule has 0 aliphatic carbocycles. The summed E-state index contributed by atoms with van der Waals surface area (Å²) in [6.07, 6.45) is 3.32. The average molecular weight is 150 g/mol. The van der Waals surface area contributed by atoms with Gasteiger partial charge in [-0.3, -0.25) is 9.98 Å². The molecule has 0 unspecified atom stereocenters. The van der Waals surface area contributed by atoms with Gasteiger partial charge in [0.05, 0.1) is 12.4 Å². The van der Waals surface area contributed by atoms with E-state index in [1.807, 2.05) is 12.1 Å². The predicted molar refractivity (Wildman–Crippen MR) is 45.7 cm³/mol. The monoisotopic (exact) mass is 150 g/mol. The number of aliphatic imine (C=N–C) groups is 2. The van der Waals surface area contributed by atoms with Crippen molar-refractivity contribution in [1.29, 1.82) is 0 Å². The molecule has 11 heavy (non-hydrogen) atoms. The van der Waals surface area contributed by atoms with Gasteiger partial charge in [0.2, 0.25) is 0 Å². The molecule has 0 saturated heterocycles. The van der Waals surface area contributed by atoms with E-state index >= 15 is 0 Å². The van der Waals surface area contributed by atoms with Gasteiger partial charge in [-0.25, -0.2) is 0 Å². The summed E-state index contributed by atoms with van der Waals surface area (Å²) in [4.78, 5) is 7.63. The van der Waals surface area contributed by atoms with Gasteiger partial charge < -0.3 is 4.42 Å². The highest BCUT2D eigenvalue weighted by Crippen LogP contribution is 2.02. The van der Waals surface area contributed by atoms with Gasteiger partial charge in [0.15, 0.2) is 0 Å². The third-order valence-corrected chi connectivity index (χ3v) is 1.16. The van der Waals surface area contributed by atoms with Crippen molar-refractivity contribution in [2.45, 2.75) is 0 Å². The summed E-state index contributed by atoms with van der Waals surface area (Å²) < 4.78 is 5.27. The van der Waals surface area contributed by atoms with Crippen LogP contribution in [0.5, 0.6) is 0 Å². The summed E-state index contributed by atoms with van der Waals surface area (Å²) in [7, 11) is 3.41. The zero-order valence-corrected chi connectivity index (χ0v) is 6.61. The third-order valence-electron chi connectivity index (χ3n) is 1.16. The van der Waals surface area contributed by atoms with Crippen molar-refractivity contribution in [1.82, 2.24) is 0 Å². The first kappa shape index (κ1) is 7.72. The summed E-state index contributed by atoms with van der Waals surface area (Å²) in [5, 5.41) is 0. The molecule has 3 heteroatoms. The van der Waals surface area contributed by atoms with Crippen molar-refractivity contribution in [2.24, 2.45) is 9.98 Å². The van der Waals surface area contributed by atoms with Crippen LogP contribution in [-0.2, 0) is 0 Å². The second-order valence-corrected chi connectivity index (χ2v) is 2.01. The second-order valence-electron chi connectivity index (χ2n) is 2.01. The van der Waals surface area contributed by atoms with Crippen LogP contribution in [-0.4, -0.2) is 26.5 Å². The van der Waals surface area contributed by atoms with Crippen molar-refractivity contribution in [3.05, 3.63) is 23.7 Å². The van der Waals surface area contributed by atoms with E-state index < -0.39 is 0 Å². The summed E-state index contributed by atoms with van der Waals surface area (Å²) in [5.41, 5.74) is 0. The largest absolute Gasteiger partial charge is 0.454 e. The minimum absolute atomic E-state index is 0.752. The van der Waals surface area contributed by atoms with Crippen LogP contribution in [0.25, 0.3) is 0 Å². The maximum atomic E-state index is 5.27. The van der Waals surface area contributed by atoms with Crippen LogP contribution in [0.1, 0.15) is 11.5 Å². The highest BCUT2D eigenvalue weighted by Gasteiger charge is 1.94. The molecule has 1 aromatic heterocycles. The predicted octanol–water partition coefficient (Wildman–Crippen LogP) is 1.38. The lowest BCUT2D eigenvalue weighted by Gasteiger charge is -1.82. The van der Waals surface area contributed by atoms with Gasteiger partial charge in [-0.05, 0) is 12.1 Å². The van der Waals surface area contributed by atoms with Crippen LogP contribution < -0.4 is 0 Å². The third kappa shape index (κ3) is 2.04. The Morgan fingerprint density at radius 3 is 1.91 bits per heavy atom. The molecule has 1 heterocycles. The normalized spacial score (nSPS) is 11.8. The number of nitrogens with zero attached hydrogens (tertiary/aromatic N) is 2. The number of rotatable bonds is 2. The minimum atomic E-state index is 0.752. The minimum Gasteiger partial charge on any atom is -0.454 e. The van der Waals surface area contributed by atoms with Crippen molar-refractivity contribution >= 4 is 12.4 Å². The molecule has 1 aromatic rings. The molecule has 58 valence electrons. The van der Waals surface area contributed by atoms with Crippen LogP contribution >= 0.6 is 0 Å². The van der Waals surface area contributed by atoms with Crippen LogP contribution in [0.15, 0.2) is 26.5 Å². The number of hydrogen-bond donors (Lipinski definition) is 0. The van der Waals surface area contributed by atoms with Gasteiger partial charge in [0.25, 0.3) is 0 Å². The highest BCUT2D eigenvalue weighted by molar-refractivity contribution is 5.80. The lowest BCUT2D eigenvalue weighted by atomic mass is 10.4. The Bertz CT molecular complexity index is 247. The number of furan rings is 1. The maximum Gasteiger partial charge on any atom is 0.145 e. The van der Waals surface area contributed by atoms with Crippen molar-refractivity contribution in [2.75, 3.05) is 14.1 Å². The van der Waals surface area contributed by atoms with Gasteiger partial charge in [-0.15, -0.1) is 0 Å². The van der Waals surface area contributed by atoms with E-state index in [-0.39, 0.29) is 0 Å². The number of hydrogen-bond acceptors (Lipinski definition) is 3. The van der Waals surface area contributed by atoms with E-state index in [9.17, 15) is 0 Å². The molecule has 0 aliphatic rings. The first-order chi connectivity index (χ1) is 5.36. The molecule has 0 amide bonds. The van der Waals surface area contributed by atoms with Gasteiger partial charge in [-0.1, -0.05) is 0 Å². The zero-order valence-electron chi connectivity index (χ0n) is 6.61. The summed E-state index contributed by atoms with van der Waals surface area (Å²) in [6, 6.07) is 3.70. The molecular formula is C8H10N2O. The summed E-state index contributed by atoms with van der Waals surface area (Å²) in [6.45, 7) is 0. The molecule has 0 atom stereocenters. The van der Waals surface area contributed by atoms with Gasteiger partial charge in [0, 0.05) is 14.1 Å². The molecule has 3 nitrogen and oxygen atoms in total. The van der Waals surface area contributed by atoms with Crippen LogP contribution in [0, 0.1) is 0 Å². The Morgan fingerprint density at radius 2 is 1.55 bits per heavy atom. The van der Waals surface area contributed by atoms with E-state index in [2.05, 4.69) is 9.98 Å². The molecule has 1 rings (SSSR count). The molecule has 0 aromatic carbocycles. The van der Waals surface area contributed by atoms with E-state index in [0.717, 1.165) is 11.5 Å². The highest BCUT2D eigenvalue weighted by atomic mass is 16.3. The topological polar surface area (TPSA) is 37.9 Å². The molecular weight excluding hydrogens is 140 g/mol. The summed E-state index contributed by atoms with van der Waals surface area (Å²) >= 11 is 0. The van der Waals surface area contributed by atoms with Crippen molar-refractivity contribution < 1.29 is 4.42 Å². The quantitative estimate of drug-likeness (QED) is 0.587. The molecule has 0 spiro atoms. The van der Waals surface area contributed by atoms with Crippen LogP contribution in [0.2, 0.25) is 0 Å². The SMILES string of the molecule is CN=Cc1ccc(C=NC)o1. The fourth-order valence-corrected chi connectivity index (χ4v) is 0.762. The molecule has 0 fully saturated rings. The lowest BCUT2D eigenvalue weighted by molar-refractivity contribution is 0.553. The fourth-order valence-electron chi connectivity index (χ4n) is 0.762. The molecule has 0 aliphatic heterocycles. The lowest BCUT2D eigenvalue weighted by Crippen LogP contribution is -1.74. The van der Waals surface area contributed by atoms with E-state index in [1.165, 1.54) is 0 Å². The smallest absolute Gasteiger partial charge is 0.145 e. The Kier molecular flexibility index (Phi) is 2.60. The van der Waals surface area contributed by atoms with Crippen molar-refractivity contribution in [3.8, 4) is 0 Å². The van der Waals surface area contributed by atoms with Gasteiger partial charge in [0.1, 0.15) is 11.5 Å². The molecule has 0 saturated carbocycles.